The summed E-state index contributed by atoms with van der Waals surface area (Å²) in [6.45, 7) is 8.08. The van der Waals surface area contributed by atoms with Gasteiger partial charge < -0.3 is 5.32 Å². The number of amides is 2. The van der Waals surface area contributed by atoms with Crippen LogP contribution >= 0.6 is 0 Å². The number of aryl methyl sites for hydroxylation is 2. The van der Waals surface area contributed by atoms with E-state index in [0.717, 1.165) is 16.7 Å². The van der Waals surface area contributed by atoms with Gasteiger partial charge in [0.15, 0.2) is 0 Å². The van der Waals surface area contributed by atoms with Crippen LogP contribution in [0.5, 0.6) is 0 Å². The summed E-state index contributed by atoms with van der Waals surface area (Å²) < 4.78 is 13.4. The minimum atomic E-state index is -0.438. The second-order valence-corrected chi connectivity index (χ2v) is 8.39. The van der Waals surface area contributed by atoms with E-state index < -0.39 is 5.91 Å². The van der Waals surface area contributed by atoms with E-state index >= 15 is 0 Å². The maximum atomic E-state index is 13.6. The number of hydrogen-bond donors (Lipinski definition) is 1. The van der Waals surface area contributed by atoms with Crippen LogP contribution in [-0.4, -0.2) is 11.8 Å². The highest BCUT2D eigenvalue weighted by Gasteiger charge is 2.40. The van der Waals surface area contributed by atoms with Crippen LogP contribution in [0.2, 0.25) is 0 Å². The predicted octanol–water partition coefficient (Wildman–Crippen LogP) is 5.96. The summed E-state index contributed by atoms with van der Waals surface area (Å²) in [7, 11) is 0. The lowest BCUT2D eigenvalue weighted by molar-refractivity contribution is -0.120. The molecule has 0 atom stereocenters. The first-order valence-electron chi connectivity index (χ1n) is 10.6. The van der Waals surface area contributed by atoms with E-state index in [1.165, 1.54) is 17.0 Å². The highest BCUT2D eigenvalue weighted by Crippen LogP contribution is 2.35. The average molecular weight is 429 g/mol. The number of anilines is 2. The summed E-state index contributed by atoms with van der Waals surface area (Å²) in [6, 6.07) is 18.9. The number of benzene rings is 3. The minimum Gasteiger partial charge on any atom is -0.350 e. The molecule has 3 aromatic carbocycles. The van der Waals surface area contributed by atoms with Crippen molar-refractivity contribution in [3.63, 3.8) is 0 Å². The third-order valence-electron chi connectivity index (χ3n) is 5.67. The second-order valence-electron chi connectivity index (χ2n) is 8.39. The van der Waals surface area contributed by atoms with Gasteiger partial charge in [-0.2, -0.15) is 0 Å². The standard InChI is InChI=1S/C27H25FN2O2/c1-16(2)19-6-12-22(13-7-19)30-26(31)24(23-14-5-17(3)15-18(23)4)25(27(30)32)29-21-10-8-20(28)9-11-21/h5-16,29H,1-4H3. The first-order chi connectivity index (χ1) is 15.3. The fraction of sp³-hybridized carbons (Fsp3) is 0.185. The van der Waals surface area contributed by atoms with Crippen molar-refractivity contribution in [3.8, 4) is 0 Å². The van der Waals surface area contributed by atoms with Crippen LogP contribution in [0.15, 0.2) is 72.4 Å². The maximum Gasteiger partial charge on any atom is 0.282 e. The van der Waals surface area contributed by atoms with E-state index in [9.17, 15) is 14.0 Å². The number of carbonyl (C=O) groups is 2. The van der Waals surface area contributed by atoms with E-state index in [1.54, 1.807) is 24.3 Å². The maximum absolute atomic E-state index is 13.6. The first kappa shape index (κ1) is 21.5. The van der Waals surface area contributed by atoms with Gasteiger partial charge in [-0.15, -0.1) is 0 Å². The van der Waals surface area contributed by atoms with Crippen LogP contribution in [0, 0.1) is 19.7 Å². The van der Waals surface area contributed by atoms with Crippen LogP contribution in [-0.2, 0) is 9.59 Å². The minimum absolute atomic E-state index is 0.182. The summed E-state index contributed by atoms with van der Waals surface area (Å²) in [5.74, 6) is -0.857. The van der Waals surface area contributed by atoms with Gasteiger partial charge >= 0.3 is 0 Å². The van der Waals surface area contributed by atoms with Gasteiger partial charge in [0.05, 0.1) is 11.3 Å². The first-order valence-corrected chi connectivity index (χ1v) is 10.6. The molecule has 0 bridgehead atoms. The molecule has 0 unspecified atom stereocenters. The Kier molecular flexibility index (Phi) is 5.66. The number of carbonyl (C=O) groups excluding carboxylic acids is 2. The molecule has 0 aromatic heterocycles. The molecule has 1 N–H and O–H groups in total. The number of nitrogens with one attached hydrogen (secondary N) is 1. The Morgan fingerprint density at radius 3 is 2.09 bits per heavy atom. The number of rotatable bonds is 5. The molecule has 162 valence electrons. The van der Waals surface area contributed by atoms with Crippen molar-refractivity contribution < 1.29 is 14.0 Å². The van der Waals surface area contributed by atoms with Crippen LogP contribution in [0.3, 0.4) is 0 Å². The molecule has 0 saturated heterocycles. The van der Waals surface area contributed by atoms with Gasteiger partial charge in [0.1, 0.15) is 11.5 Å². The fourth-order valence-electron chi connectivity index (χ4n) is 3.91. The zero-order valence-corrected chi connectivity index (χ0v) is 18.6. The number of imide groups is 1. The third kappa shape index (κ3) is 3.94. The highest BCUT2D eigenvalue weighted by molar-refractivity contribution is 6.46. The van der Waals surface area contributed by atoms with Gasteiger partial charge in [-0.1, -0.05) is 49.7 Å². The lowest BCUT2D eigenvalue weighted by atomic mass is 9.97. The molecule has 2 amide bonds. The fourth-order valence-corrected chi connectivity index (χ4v) is 3.91. The van der Waals surface area contributed by atoms with E-state index in [-0.39, 0.29) is 17.4 Å². The molecule has 5 heteroatoms. The molecule has 1 aliphatic rings. The SMILES string of the molecule is Cc1ccc(C2=C(Nc3ccc(F)cc3)C(=O)N(c3ccc(C(C)C)cc3)C2=O)c(C)c1. The van der Waals surface area contributed by atoms with Gasteiger partial charge in [0, 0.05) is 5.69 Å². The third-order valence-corrected chi connectivity index (χ3v) is 5.67. The topological polar surface area (TPSA) is 49.4 Å². The van der Waals surface area contributed by atoms with Crippen LogP contribution < -0.4 is 10.2 Å². The summed E-state index contributed by atoms with van der Waals surface area (Å²) in [5, 5.41) is 3.07. The highest BCUT2D eigenvalue weighted by atomic mass is 19.1. The second kappa shape index (κ2) is 8.42. The van der Waals surface area contributed by atoms with Crippen molar-refractivity contribution in [2.45, 2.75) is 33.6 Å². The molecular formula is C27H25FN2O2. The molecule has 32 heavy (non-hydrogen) atoms. The number of hydrogen-bond acceptors (Lipinski definition) is 3. The molecule has 0 radical (unpaired) electrons. The summed E-state index contributed by atoms with van der Waals surface area (Å²) in [5.41, 5.74) is 5.32. The van der Waals surface area contributed by atoms with Crippen molar-refractivity contribution in [2.24, 2.45) is 0 Å². The monoisotopic (exact) mass is 428 g/mol. The van der Waals surface area contributed by atoms with Gasteiger partial charge in [-0.25, -0.2) is 9.29 Å². The van der Waals surface area contributed by atoms with Gasteiger partial charge in [-0.3, -0.25) is 9.59 Å². The van der Waals surface area contributed by atoms with Gasteiger partial charge in [-0.05, 0) is 72.9 Å². The van der Waals surface area contributed by atoms with Crippen molar-refractivity contribution in [1.29, 1.82) is 0 Å². The summed E-state index contributed by atoms with van der Waals surface area (Å²) in [4.78, 5) is 28.3. The Bertz CT molecular complexity index is 1230. The lowest BCUT2D eigenvalue weighted by Crippen LogP contribution is -2.32. The molecule has 4 rings (SSSR count). The van der Waals surface area contributed by atoms with Crippen LogP contribution in [0.25, 0.3) is 5.57 Å². The summed E-state index contributed by atoms with van der Waals surface area (Å²) in [6.07, 6.45) is 0. The van der Waals surface area contributed by atoms with Gasteiger partial charge in [0.25, 0.3) is 11.8 Å². The molecule has 4 nitrogen and oxygen atoms in total. The number of nitrogens with zero attached hydrogens (tertiary/aromatic N) is 1. The Morgan fingerprint density at radius 1 is 0.844 bits per heavy atom. The van der Waals surface area contributed by atoms with Crippen molar-refractivity contribution in [3.05, 3.63) is 100 Å². The van der Waals surface area contributed by atoms with E-state index in [0.29, 0.717) is 28.4 Å². The Morgan fingerprint density at radius 2 is 1.50 bits per heavy atom. The van der Waals surface area contributed by atoms with Gasteiger partial charge in [0.2, 0.25) is 0 Å². The molecule has 3 aromatic rings. The normalized spacial score (nSPS) is 14.0. The van der Waals surface area contributed by atoms with E-state index in [1.807, 2.05) is 44.2 Å². The van der Waals surface area contributed by atoms with E-state index in [4.69, 9.17) is 0 Å². The smallest absolute Gasteiger partial charge is 0.282 e. The predicted molar refractivity (Wildman–Crippen MR) is 126 cm³/mol. The summed E-state index contributed by atoms with van der Waals surface area (Å²) >= 11 is 0. The van der Waals surface area contributed by atoms with Crippen LogP contribution in [0.4, 0.5) is 15.8 Å². The molecule has 1 aliphatic heterocycles. The molecule has 0 saturated carbocycles. The van der Waals surface area contributed by atoms with Crippen molar-refractivity contribution >= 4 is 28.8 Å². The lowest BCUT2D eigenvalue weighted by Gasteiger charge is -2.17. The van der Waals surface area contributed by atoms with Crippen molar-refractivity contribution in [2.75, 3.05) is 10.2 Å². The number of halogens is 1. The molecule has 1 heterocycles. The van der Waals surface area contributed by atoms with Crippen LogP contribution in [0.1, 0.15) is 42.0 Å². The average Bonchev–Trinajstić information content (AvgIpc) is 2.99. The zero-order valence-electron chi connectivity index (χ0n) is 18.6. The molecular weight excluding hydrogens is 403 g/mol. The largest absolute Gasteiger partial charge is 0.350 e. The Labute approximate surface area is 187 Å². The Balaban J connectivity index is 1.81. The van der Waals surface area contributed by atoms with E-state index in [2.05, 4.69) is 19.2 Å². The zero-order chi connectivity index (χ0) is 23.0. The van der Waals surface area contributed by atoms with Crippen molar-refractivity contribution in [1.82, 2.24) is 0 Å². The molecule has 0 spiro atoms. The molecule has 0 aliphatic carbocycles. The molecule has 0 fully saturated rings. The quantitative estimate of drug-likeness (QED) is 0.510. The Hall–Kier alpha value is -3.73.